The van der Waals surface area contributed by atoms with Crippen LogP contribution in [0.3, 0.4) is 0 Å². The van der Waals surface area contributed by atoms with Gasteiger partial charge in [0.2, 0.25) is 0 Å². The Hall–Kier alpha value is -0.930. The summed E-state index contributed by atoms with van der Waals surface area (Å²) in [6, 6.07) is 5.34. The number of likely N-dealkylation sites (tertiary alicyclic amines) is 1. The molecule has 2 fully saturated rings. The molecule has 4 rings (SSSR count). The molecular formula is C19H26Cl2N4O3. The van der Waals surface area contributed by atoms with Crippen molar-refractivity contribution in [2.45, 2.75) is 50.0 Å². The van der Waals surface area contributed by atoms with Gasteiger partial charge in [-0.05, 0) is 38.1 Å². The highest BCUT2D eigenvalue weighted by atomic mass is 35.5. The predicted molar refractivity (Wildman–Crippen MR) is 108 cm³/mol. The number of hydrogen-bond acceptors (Lipinski definition) is 7. The number of aliphatic hydroxyl groups is 2. The van der Waals surface area contributed by atoms with E-state index in [0.717, 1.165) is 12.0 Å². The number of nitrogens with two attached hydrogens (primary N) is 1. The molecule has 2 unspecified atom stereocenters. The van der Waals surface area contributed by atoms with Crippen molar-refractivity contribution in [1.82, 2.24) is 9.80 Å². The highest BCUT2D eigenvalue weighted by molar-refractivity contribution is 6.42. The maximum absolute atomic E-state index is 11.0. The second-order valence-corrected chi connectivity index (χ2v) is 8.98. The summed E-state index contributed by atoms with van der Waals surface area (Å²) in [4.78, 5) is 8.57. The van der Waals surface area contributed by atoms with Crippen LogP contribution in [-0.2, 0) is 11.2 Å². The van der Waals surface area contributed by atoms with E-state index in [-0.39, 0.29) is 12.1 Å². The Labute approximate surface area is 174 Å². The van der Waals surface area contributed by atoms with Gasteiger partial charge in [-0.25, -0.2) is 0 Å². The molecular weight excluding hydrogens is 403 g/mol. The lowest BCUT2D eigenvalue weighted by Gasteiger charge is -2.40. The first-order valence-corrected chi connectivity index (χ1v) is 10.2. The third kappa shape index (κ3) is 3.33. The lowest BCUT2D eigenvalue weighted by Crippen LogP contribution is -2.58. The molecule has 154 valence electrons. The fourth-order valence-electron chi connectivity index (χ4n) is 4.59. The zero-order chi connectivity index (χ0) is 20.2. The molecule has 4 N–H and O–H groups in total. The third-order valence-electron chi connectivity index (χ3n) is 6.26. The van der Waals surface area contributed by atoms with Crippen LogP contribution in [0, 0.1) is 5.92 Å². The van der Waals surface area contributed by atoms with Crippen LogP contribution >= 0.6 is 23.2 Å². The summed E-state index contributed by atoms with van der Waals surface area (Å²) in [5, 5.41) is 22.9. The summed E-state index contributed by atoms with van der Waals surface area (Å²) in [6.07, 6.45) is -0.992. The van der Waals surface area contributed by atoms with Gasteiger partial charge in [0, 0.05) is 18.9 Å². The van der Waals surface area contributed by atoms with E-state index in [4.69, 9.17) is 33.7 Å². The van der Waals surface area contributed by atoms with Crippen LogP contribution in [0.25, 0.3) is 0 Å². The number of benzene rings is 1. The van der Waals surface area contributed by atoms with E-state index >= 15 is 0 Å². The topological polar surface area (TPSA) is 94.6 Å². The van der Waals surface area contributed by atoms with Crippen molar-refractivity contribution < 1.29 is 14.9 Å². The van der Waals surface area contributed by atoms with Gasteiger partial charge in [-0.3, -0.25) is 14.8 Å². The molecule has 0 saturated carbocycles. The van der Waals surface area contributed by atoms with Gasteiger partial charge in [-0.15, -0.1) is 0 Å². The first-order chi connectivity index (χ1) is 13.2. The molecule has 3 aliphatic heterocycles. The van der Waals surface area contributed by atoms with E-state index < -0.39 is 24.0 Å². The second kappa shape index (κ2) is 7.40. The van der Waals surface area contributed by atoms with E-state index in [1.807, 2.05) is 13.1 Å². The van der Waals surface area contributed by atoms with E-state index in [9.17, 15) is 10.2 Å². The maximum atomic E-state index is 11.0. The maximum Gasteiger partial charge on any atom is 0.141 e. The molecule has 0 aliphatic carbocycles. The molecule has 3 aliphatic rings. The number of amidine groups is 1. The number of fused-ring (bicyclic) bond motifs is 1. The molecule has 0 bridgehead atoms. The number of ether oxygens (including phenoxy) is 1. The molecule has 0 amide bonds. The van der Waals surface area contributed by atoms with Crippen molar-refractivity contribution in [2.24, 2.45) is 16.6 Å². The summed E-state index contributed by atoms with van der Waals surface area (Å²) in [7, 11) is 1.98. The van der Waals surface area contributed by atoms with Crippen molar-refractivity contribution in [3.05, 3.63) is 33.8 Å². The first kappa shape index (κ1) is 20.3. The van der Waals surface area contributed by atoms with Crippen LogP contribution in [0.1, 0.15) is 18.9 Å². The van der Waals surface area contributed by atoms with Gasteiger partial charge >= 0.3 is 0 Å². The number of hydrogen-bond donors (Lipinski definition) is 3. The molecule has 1 aromatic rings. The summed E-state index contributed by atoms with van der Waals surface area (Å²) in [5.74, 6) is 0.755. The Morgan fingerprint density at radius 2 is 2.11 bits per heavy atom. The van der Waals surface area contributed by atoms with Gasteiger partial charge in [0.05, 0.1) is 29.0 Å². The van der Waals surface area contributed by atoms with Gasteiger partial charge in [0.25, 0.3) is 0 Å². The van der Waals surface area contributed by atoms with E-state index in [1.54, 1.807) is 19.1 Å². The van der Waals surface area contributed by atoms with Crippen LogP contribution in [0.2, 0.25) is 10.0 Å². The zero-order valence-electron chi connectivity index (χ0n) is 15.9. The van der Waals surface area contributed by atoms with Gasteiger partial charge in [0.1, 0.15) is 23.8 Å². The molecule has 3 heterocycles. The average molecular weight is 429 g/mol. The van der Waals surface area contributed by atoms with E-state index in [1.165, 1.54) is 0 Å². The molecule has 0 aromatic heterocycles. The molecule has 2 saturated heterocycles. The Bertz CT molecular complexity index is 790. The summed E-state index contributed by atoms with van der Waals surface area (Å²) < 4.78 is 6.22. The minimum atomic E-state index is -1.40. The molecule has 6 atom stereocenters. The standard InChI is InChI=1S/C19H26Cl2N4O3/c1-19(27)14(8-10-3-4-12(20)13(21)7-10)28-18(15(19)26)25-6-5-11-16(22)23-9-24(2)17(11)25/h3-4,7,11,14-15,17-18,26-27H,5-6,8-9H2,1-2H3,(H2,22,23)/t11?,14-,15+,17?,18-,19-/m1/s1. The molecule has 28 heavy (non-hydrogen) atoms. The van der Waals surface area contributed by atoms with Crippen LogP contribution in [-0.4, -0.2) is 76.3 Å². The molecule has 0 radical (unpaired) electrons. The average Bonchev–Trinajstić information content (AvgIpc) is 3.17. The highest BCUT2D eigenvalue weighted by Gasteiger charge is 2.57. The van der Waals surface area contributed by atoms with Crippen LogP contribution in [0.4, 0.5) is 0 Å². The first-order valence-electron chi connectivity index (χ1n) is 9.45. The number of nitrogens with zero attached hydrogens (tertiary/aromatic N) is 3. The minimum absolute atomic E-state index is 0.00308. The Morgan fingerprint density at radius 1 is 1.36 bits per heavy atom. The van der Waals surface area contributed by atoms with E-state index in [0.29, 0.717) is 35.5 Å². The number of aliphatic imine (C=N–C) groups is 1. The minimum Gasteiger partial charge on any atom is -0.387 e. The van der Waals surface area contributed by atoms with Gasteiger partial charge < -0.3 is 20.7 Å². The van der Waals surface area contributed by atoms with Gasteiger partial charge in [0.15, 0.2) is 0 Å². The van der Waals surface area contributed by atoms with Crippen molar-refractivity contribution in [2.75, 3.05) is 20.3 Å². The summed E-state index contributed by atoms with van der Waals surface area (Å²) in [6.45, 7) is 2.84. The monoisotopic (exact) mass is 428 g/mol. The fraction of sp³-hybridized carbons (Fsp3) is 0.632. The highest BCUT2D eigenvalue weighted by Crippen LogP contribution is 2.40. The largest absolute Gasteiger partial charge is 0.387 e. The van der Waals surface area contributed by atoms with Crippen molar-refractivity contribution in [3.8, 4) is 0 Å². The third-order valence-corrected chi connectivity index (χ3v) is 7.00. The molecule has 0 spiro atoms. The Kier molecular flexibility index (Phi) is 5.37. The van der Waals surface area contributed by atoms with Crippen molar-refractivity contribution in [1.29, 1.82) is 0 Å². The second-order valence-electron chi connectivity index (χ2n) is 8.17. The van der Waals surface area contributed by atoms with Gasteiger partial charge in [-0.2, -0.15) is 0 Å². The Morgan fingerprint density at radius 3 is 2.82 bits per heavy atom. The molecule has 9 heteroatoms. The number of rotatable bonds is 3. The van der Waals surface area contributed by atoms with Crippen molar-refractivity contribution >= 4 is 29.0 Å². The molecule has 7 nitrogen and oxygen atoms in total. The van der Waals surface area contributed by atoms with E-state index in [2.05, 4.69) is 14.8 Å². The Balaban J connectivity index is 1.55. The lowest BCUT2D eigenvalue weighted by atomic mass is 9.90. The number of aliphatic hydroxyl groups excluding tert-OH is 1. The quantitative estimate of drug-likeness (QED) is 0.671. The lowest BCUT2D eigenvalue weighted by molar-refractivity contribution is -0.120. The fourth-order valence-corrected chi connectivity index (χ4v) is 4.91. The van der Waals surface area contributed by atoms with Crippen LogP contribution in [0.15, 0.2) is 23.2 Å². The zero-order valence-corrected chi connectivity index (χ0v) is 17.4. The number of halogens is 2. The smallest absolute Gasteiger partial charge is 0.141 e. The SMILES string of the molecule is CN1CN=C(N)C2CCN([C@@H]3O[C@H](Cc4ccc(Cl)c(Cl)c4)[C@@](C)(O)[C@H]3O)C21. The summed E-state index contributed by atoms with van der Waals surface area (Å²) in [5.41, 5.74) is 5.59. The molecule has 1 aromatic carbocycles. The normalized spacial score (nSPS) is 39.2. The summed E-state index contributed by atoms with van der Waals surface area (Å²) >= 11 is 12.1. The van der Waals surface area contributed by atoms with Crippen LogP contribution in [0.5, 0.6) is 0 Å². The predicted octanol–water partition coefficient (Wildman–Crippen LogP) is 1.28. The van der Waals surface area contributed by atoms with Crippen molar-refractivity contribution in [3.63, 3.8) is 0 Å². The van der Waals surface area contributed by atoms with Gasteiger partial charge in [-0.1, -0.05) is 29.3 Å². The van der Waals surface area contributed by atoms with Crippen LogP contribution < -0.4 is 5.73 Å².